The smallest absolute Gasteiger partial charge is 0.261 e. The molecule has 3 rings (SSSR count). The number of likely N-dealkylation sites (N-methyl/N-ethyl adjacent to an activating group) is 1. The van der Waals surface area contributed by atoms with E-state index >= 15 is 0 Å². The highest BCUT2D eigenvalue weighted by Crippen LogP contribution is 2.35. The molecule has 0 spiro atoms. The van der Waals surface area contributed by atoms with Crippen LogP contribution in [0, 0.1) is 0 Å². The summed E-state index contributed by atoms with van der Waals surface area (Å²) in [6.07, 6.45) is 0. The number of hydrogen-bond donors (Lipinski definition) is 2. The van der Waals surface area contributed by atoms with Gasteiger partial charge < -0.3 is 11.5 Å². The monoisotopic (exact) mass is 328 g/mol. The van der Waals surface area contributed by atoms with Gasteiger partial charge in [-0.1, -0.05) is 29.8 Å². The SMILES string of the molecule is CN1C(=O)C(C)(c2cccc(-c3cc(N)cc(Cl)c3)c2)N=C1N. The summed E-state index contributed by atoms with van der Waals surface area (Å²) in [6.45, 7) is 1.76. The van der Waals surface area contributed by atoms with E-state index in [4.69, 9.17) is 23.1 Å². The Hall–Kier alpha value is -2.53. The first-order chi connectivity index (χ1) is 10.8. The predicted molar refractivity (Wildman–Crippen MR) is 93.0 cm³/mol. The molecular weight excluding hydrogens is 312 g/mol. The molecule has 1 aliphatic heterocycles. The fourth-order valence-electron chi connectivity index (χ4n) is 2.75. The summed E-state index contributed by atoms with van der Waals surface area (Å²) in [5.41, 5.74) is 13.8. The van der Waals surface area contributed by atoms with Crippen molar-refractivity contribution in [3.8, 4) is 11.1 Å². The minimum absolute atomic E-state index is 0.155. The summed E-state index contributed by atoms with van der Waals surface area (Å²) in [4.78, 5) is 18.2. The molecule has 0 aliphatic carbocycles. The first-order valence-corrected chi connectivity index (χ1v) is 7.49. The number of aliphatic imine (C=N–C) groups is 1. The second-order valence-corrected chi connectivity index (χ2v) is 6.20. The number of halogens is 1. The number of nitrogens with zero attached hydrogens (tertiary/aromatic N) is 2. The van der Waals surface area contributed by atoms with E-state index in [9.17, 15) is 4.79 Å². The van der Waals surface area contributed by atoms with Crippen LogP contribution in [-0.4, -0.2) is 23.8 Å². The van der Waals surface area contributed by atoms with Crippen molar-refractivity contribution in [3.05, 3.63) is 53.1 Å². The van der Waals surface area contributed by atoms with Gasteiger partial charge in [-0.25, -0.2) is 4.99 Å². The highest BCUT2D eigenvalue weighted by molar-refractivity contribution is 6.31. The molecule has 2 aromatic rings. The third kappa shape index (κ3) is 2.53. The lowest BCUT2D eigenvalue weighted by atomic mass is 9.89. The van der Waals surface area contributed by atoms with Crippen molar-refractivity contribution in [3.63, 3.8) is 0 Å². The molecule has 1 atom stereocenters. The van der Waals surface area contributed by atoms with Crippen LogP contribution in [0.25, 0.3) is 11.1 Å². The number of guanidine groups is 1. The quantitative estimate of drug-likeness (QED) is 0.831. The lowest BCUT2D eigenvalue weighted by Gasteiger charge is -2.21. The van der Waals surface area contributed by atoms with Crippen LogP contribution in [0.3, 0.4) is 0 Å². The average Bonchev–Trinajstić information content (AvgIpc) is 2.71. The number of hydrogen-bond acceptors (Lipinski definition) is 4. The number of nitrogen functional groups attached to an aromatic ring is 1. The Bertz CT molecular complexity index is 813. The van der Waals surface area contributed by atoms with Crippen LogP contribution in [0.1, 0.15) is 12.5 Å². The highest BCUT2D eigenvalue weighted by Gasteiger charge is 2.43. The molecule has 0 fully saturated rings. The molecule has 0 bridgehead atoms. The zero-order valence-corrected chi connectivity index (χ0v) is 13.6. The molecule has 2 aromatic carbocycles. The number of amides is 1. The molecule has 1 heterocycles. The van der Waals surface area contributed by atoms with E-state index in [2.05, 4.69) is 4.99 Å². The minimum Gasteiger partial charge on any atom is -0.399 e. The Morgan fingerprint density at radius 3 is 2.48 bits per heavy atom. The third-order valence-electron chi connectivity index (χ3n) is 4.08. The van der Waals surface area contributed by atoms with E-state index in [1.54, 1.807) is 20.0 Å². The molecule has 23 heavy (non-hydrogen) atoms. The van der Waals surface area contributed by atoms with Crippen molar-refractivity contribution in [2.75, 3.05) is 12.8 Å². The molecular formula is C17H17ClN4O. The summed E-state index contributed by atoms with van der Waals surface area (Å²) in [6, 6.07) is 13.0. The second-order valence-electron chi connectivity index (χ2n) is 5.76. The number of rotatable bonds is 2. The van der Waals surface area contributed by atoms with Crippen molar-refractivity contribution < 1.29 is 4.79 Å². The van der Waals surface area contributed by atoms with Gasteiger partial charge in [0.05, 0.1) is 0 Å². The van der Waals surface area contributed by atoms with E-state index in [0.29, 0.717) is 10.7 Å². The Balaban J connectivity index is 2.09. The number of carbonyl (C=O) groups excluding carboxylic acids is 1. The van der Waals surface area contributed by atoms with E-state index in [1.165, 1.54) is 4.90 Å². The van der Waals surface area contributed by atoms with Gasteiger partial charge in [-0.3, -0.25) is 9.69 Å². The van der Waals surface area contributed by atoms with Gasteiger partial charge in [0.2, 0.25) is 0 Å². The first-order valence-electron chi connectivity index (χ1n) is 7.12. The molecule has 0 saturated heterocycles. The number of nitrogens with two attached hydrogens (primary N) is 2. The van der Waals surface area contributed by atoms with Gasteiger partial charge in [-0.15, -0.1) is 0 Å². The summed E-state index contributed by atoms with van der Waals surface area (Å²) in [7, 11) is 1.62. The predicted octanol–water partition coefficient (Wildman–Crippen LogP) is 2.59. The normalized spacial score (nSPS) is 20.7. The van der Waals surface area contributed by atoms with Crippen LogP contribution in [0.2, 0.25) is 5.02 Å². The Morgan fingerprint density at radius 1 is 1.13 bits per heavy atom. The fraction of sp³-hybridized carbons (Fsp3) is 0.176. The van der Waals surface area contributed by atoms with Crippen LogP contribution in [0.15, 0.2) is 47.5 Å². The molecule has 1 aliphatic rings. The summed E-state index contributed by atoms with van der Waals surface area (Å²) >= 11 is 6.08. The van der Waals surface area contributed by atoms with Gasteiger partial charge in [0.1, 0.15) is 0 Å². The Morgan fingerprint density at radius 2 is 1.87 bits per heavy atom. The van der Waals surface area contributed by atoms with Crippen molar-refractivity contribution >= 4 is 29.2 Å². The highest BCUT2D eigenvalue weighted by atomic mass is 35.5. The topological polar surface area (TPSA) is 84.7 Å². The molecule has 118 valence electrons. The van der Waals surface area contributed by atoms with Crippen LogP contribution in [0.4, 0.5) is 5.69 Å². The second kappa shape index (κ2) is 5.28. The van der Waals surface area contributed by atoms with E-state index < -0.39 is 5.54 Å². The summed E-state index contributed by atoms with van der Waals surface area (Å²) in [5.74, 6) is 0.0626. The standard InChI is InChI=1S/C17H17ClN4O/c1-17(15(23)22(2)16(20)21-17)12-5-3-4-10(6-12)11-7-13(18)9-14(19)8-11/h3-9H,19H2,1-2H3,(H2,20,21). The van der Waals surface area contributed by atoms with Gasteiger partial charge in [-0.05, 0) is 47.9 Å². The van der Waals surface area contributed by atoms with Crippen LogP contribution in [-0.2, 0) is 10.3 Å². The van der Waals surface area contributed by atoms with Crippen LogP contribution < -0.4 is 11.5 Å². The summed E-state index contributed by atoms with van der Waals surface area (Å²) in [5, 5.41) is 0.565. The zero-order valence-electron chi connectivity index (χ0n) is 12.9. The Kier molecular flexibility index (Phi) is 3.53. The zero-order chi connectivity index (χ0) is 16.8. The molecule has 0 radical (unpaired) electrons. The van der Waals surface area contributed by atoms with Gasteiger partial charge >= 0.3 is 0 Å². The minimum atomic E-state index is -1.01. The molecule has 0 aromatic heterocycles. The maximum atomic E-state index is 12.5. The van der Waals surface area contributed by atoms with E-state index in [-0.39, 0.29) is 11.9 Å². The fourth-order valence-corrected chi connectivity index (χ4v) is 2.99. The van der Waals surface area contributed by atoms with Gasteiger partial charge in [0, 0.05) is 17.8 Å². The first kappa shape index (κ1) is 15.4. The average molecular weight is 329 g/mol. The molecule has 6 heteroatoms. The van der Waals surface area contributed by atoms with E-state index in [1.807, 2.05) is 36.4 Å². The van der Waals surface area contributed by atoms with Crippen LogP contribution in [0.5, 0.6) is 0 Å². The molecule has 1 amide bonds. The molecule has 1 unspecified atom stereocenters. The van der Waals surface area contributed by atoms with Gasteiger partial charge in [-0.2, -0.15) is 0 Å². The van der Waals surface area contributed by atoms with Crippen molar-refractivity contribution in [2.45, 2.75) is 12.5 Å². The maximum Gasteiger partial charge on any atom is 0.261 e. The third-order valence-corrected chi connectivity index (χ3v) is 4.30. The van der Waals surface area contributed by atoms with Crippen molar-refractivity contribution in [1.82, 2.24) is 4.90 Å². The van der Waals surface area contributed by atoms with Gasteiger partial charge in [0.25, 0.3) is 5.91 Å². The number of carbonyl (C=O) groups is 1. The van der Waals surface area contributed by atoms with Crippen molar-refractivity contribution in [1.29, 1.82) is 0 Å². The molecule has 4 N–H and O–H groups in total. The van der Waals surface area contributed by atoms with E-state index in [0.717, 1.165) is 16.7 Å². The maximum absolute atomic E-state index is 12.5. The Labute approximate surface area is 139 Å². The summed E-state index contributed by atoms with van der Waals surface area (Å²) < 4.78 is 0. The lowest BCUT2D eigenvalue weighted by molar-refractivity contribution is -0.130. The molecule has 0 saturated carbocycles. The van der Waals surface area contributed by atoms with Crippen LogP contribution >= 0.6 is 11.6 Å². The van der Waals surface area contributed by atoms with Gasteiger partial charge in [0.15, 0.2) is 11.5 Å². The lowest BCUT2D eigenvalue weighted by Crippen LogP contribution is -2.38. The molecule has 5 nitrogen and oxygen atoms in total. The van der Waals surface area contributed by atoms with Crippen molar-refractivity contribution in [2.24, 2.45) is 10.7 Å². The number of anilines is 1. The largest absolute Gasteiger partial charge is 0.399 e. The number of benzene rings is 2.